The fourth-order valence-electron chi connectivity index (χ4n) is 3.12. The van der Waals surface area contributed by atoms with E-state index in [0.29, 0.717) is 13.2 Å². The molecule has 5 heteroatoms. The highest BCUT2D eigenvalue weighted by Crippen LogP contribution is 2.48. The molecule has 1 spiro atoms. The predicted octanol–water partition coefficient (Wildman–Crippen LogP) is 0.825. The molecular weight excluding hydrogens is 246 g/mol. The molecule has 0 aromatic rings. The highest BCUT2D eigenvalue weighted by molar-refractivity contribution is 5.87. The van der Waals surface area contributed by atoms with Crippen LogP contribution in [0.25, 0.3) is 0 Å². The van der Waals surface area contributed by atoms with Crippen molar-refractivity contribution in [3.05, 3.63) is 0 Å². The van der Waals surface area contributed by atoms with E-state index < -0.39 is 0 Å². The van der Waals surface area contributed by atoms with Gasteiger partial charge in [-0.05, 0) is 25.7 Å². The van der Waals surface area contributed by atoms with Gasteiger partial charge in [0.15, 0.2) is 0 Å². The Labute approximate surface area is 113 Å². The first kappa shape index (κ1) is 12.9. The van der Waals surface area contributed by atoms with Gasteiger partial charge >= 0.3 is 5.97 Å². The summed E-state index contributed by atoms with van der Waals surface area (Å²) in [5, 5.41) is 0. The van der Waals surface area contributed by atoms with Crippen molar-refractivity contribution in [1.82, 2.24) is 4.90 Å². The number of methoxy groups -OCH3 is 1. The summed E-state index contributed by atoms with van der Waals surface area (Å²) in [7, 11) is 1.39. The second kappa shape index (κ2) is 4.78. The zero-order chi connectivity index (χ0) is 13.5. The van der Waals surface area contributed by atoms with Crippen molar-refractivity contribution >= 4 is 11.9 Å². The second-order valence-electron chi connectivity index (χ2n) is 6.13. The summed E-state index contributed by atoms with van der Waals surface area (Å²) in [6.45, 7) is 2.85. The van der Waals surface area contributed by atoms with Crippen LogP contribution in [0.4, 0.5) is 0 Å². The zero-order valence-electron chi connectivity index (χ0n) is 11.4. The van der Waals surface area contributed by atoms with Gasteiger partial charge in [-0.1, -0.05) is 0 Å². The highest BCUT2D eigenvalue weighted by atomic mass is 16.5. The SMILES string of the molecule is COC(=O)[C@@H]1CC[C@@H]1C(=O)N1CCOCC2(CC2)C1. The number of ether oxygens (including phenoxy) is 2. The number of carbonyl (C=O) groups excluding carboxylic acids is 2. The number of esters is 1. The normalized spacial score (nSPS) is 32.4. The molecule has 0 unspecified atom stereocenters. The van der Waals surface area contributed by atoms with Gasteiger partial charge in [-0.15, -0.1) is 0 Å². The van der Waals surface area contributed by atoms with Gasteiger partial charge in [0.25, 0.3) is 0 Å². The van der Waals surface area contributed by atoms with Gasteiger partial charge in [0.1, 0.15) is 0 Å². The van der Waals surface area contributed by atoms with Crippen LogP contribution in [0.1, 0.15) is 25.7 Å². The molecule has 2 aliphatic carbocycles. The molecular formula is C14H21NO4. The minimum atomic E-state index is -0.239. The number of carbonyl (C=O) groups is 2. The van der Waals surface area contributed by atoms with Crippen LogP contribution in [0.2, 0.25) is 0 Å². The molecule has 1 aliphatic heterocycles. The predicted molar refractivity (Wildman–Crippen MR) is 67.3 cm³/mol. The average molecular weight is 267 g/mol. The summed E-state index contributed by atoms with van der Waals surface area (Å²) in [5.74, 6) is -0.506. The Morgan fingerprint density at radius 3 is 2.58 bits per heavy atom. The molecule has 5 nitrogen and oxygen atoms in total. The first-order valence-corrected chi connectivity index (χ1v) is 7.10. The van der Waals surface area contributed by atoms with E-state index in [1.807, 2.05) is 4.90 Å². The first-order valence-electron chi connectivity index (χ1n) is 7.10. The fourth-order valence-corrected chi connectivity index (χ4v) is 3.12. The second-order valence-corrected chi connectivity index (χ2v) is 6.13. The van der Waals surface area contributed by atoms with Crippen molar-refractivity contribution in [3.8, 4) is 0 Å². The summed E-state index contributed by atoms with van der Waals surface area (Å²) < 4.78 is 10.4. The summed E-state index contributed by atoms with van der Waals surface area (Å²) in [5.41, 5.74) is 0.219. The van der Waals surface area contributed by atoms with Gasteiger partial charge < -0.3 is 14.4 Å². The highest BCUT2D eigenvalue weighted by Gasteiger charge is 2.49. The number of amides is 1. The van der Waals surface area contributed by atoms with Crippen molar-refractivity contribution in [2.45, 2.75) is 25.7 Å². The number of hydrogen-bond acceptors (Lipinski definition) is 4. The first-order chi connectivity index (χ1) is 9.15. The third-order valence-corrected chi connectivity index (χ3v) is 4.80. The third kappa shape index (κ3) is 2.36. The Hall–Kier alpha value is -1.10. The molecule has 0 aromatic carbocycles. The summed E-state index contributed by atoms with van der Waals surface area (Å²) >= 11 is 0. The zero-order valence-corrected chi connectivity index (χ0v) is 11.4. The molecule has 1 amide bonds. The van der Waals surface area contributed by atoms with Gasteiger partial charge in [-0.3, -0.25) is 9.59 Å². The lowest BCUT2D eigenvalue weighted by molar-refractivity contribution is -0.159. The largest absolute Gasteiger partial charge is 0.469 e. The Balaban J connectivity index is 1.64. The summed E-state index contributed by atoms with van der Waals surface area (Å²) in [6, 6.07) is 0. The van der Waals surface area contributed by atoms with Crippen molar-refractivity contribution in [2.24, 2.45) is 17.3 Å². The number of hydrogen-bond donors (Lipinski definition) is 0. The Morgan fingerprint density at radius 2 is 2.00 bits per heavy atom. The lowest BCUT2D eigenvalue weighted by atomic mass is 9.72. The molecule has 3 aliphatic rings. The number of nitrogens with zero attached hydrogens (tertiary/aromatic N) is 1. The van der Waals surface area contributed by atoms with E-state index in [-0.39, 0.29) is 29.1 Å². The molecule has 0 aromatic heterocycles. The third-order valence-electron chi connectivity index (χ3n) is 4.80. The monoisotopic (exact) mass is 267 g/mol. The van der Waals surface area contributed by atoms with Gasteiger partial charge in [-0.2, -0.15) is 0 Å². The van der Waals surface area contributed by atoms with Crippen LogP contribution >= 0.6 is 0 Å². The Morgan fingerprint density at radius 1 is 1.26 bits per heavy atom. The van der Waals surface area contributed by atoms with E-state index in [1.54, 1.807) is 0 Å². The Bertz CT molecular complexity index is 391. The quantitative estimate of drug-likeness (QED) is 0.695. The molecule has 3 fully saturated rings. The van der Waals surface area contributed by atoms with E-state index in [9.17, 15) is 9.59 Å². The molecule has 1 heterocycles. The van der Waals surface area contributed by atoms with E-state index in [2.05, 4.69) is 0 Å². The summed E-state index contributed by atoms with van der Waals surface area (Å²) in [4.78, 5) is 26.0. The van der Waals surface area contributed by atoms with Gasteiger partial charge in [0.05, 0.1) is 32.2 Å². The van der Waals surface area contributed by atoms with E-state index >= 15 is 0 Å². The van der Waals surface area contributed by atoms with Crippen LogP contribution in [0.5, 0.6) is 0 Å². The van der Waals surface area contributed by atoms with Crippen molar-refractivity contribution < 1.29 is 19.1 Å². The average Bonchev–Trinajstić information content (AvgIpc) is 3.15. The van der Waals surface area contributed by atoms with Crippen LogP contribution in [-0.2, 0) is 19.1 Å². The van der Waals surface area contributed by atoms with Crippen LogP contribution in [-0.4, -0.2) is 50.2 Å². The van der Waals surface area contributed by atoms with Crippen molar-refractivity contribution in [2.75, 3.05) is 33.4 Å². The Kier molecular flexibility index (Phi) is 3.25. The van der Waals surface area contributed by atoms with Crippen LogP contribution in [0.15, 0.2) is 0 Å². The molecule has 0 radical (unpaired) electrons. The summed E-state index contributed by atoms with van der Waals surface area (Å²) in [6.07, 6.45) is 3.89. The minimum absolute atomic E-state index is 0.124. The van der Waals surface area contributed by atoms with Gasteiger partial charge in [0, 0.05) is 18.5 Å². The fraction of sp³-hybridized carbons (Fsp3) is 0.857. The van der Waals surface area contributed by atoms with Crippen molar-refractivity contribution in [3.63, 3.8) is 0 Å². The van der Waals surface area contributed by atoms with Crippen LogP contribution in [0.3, 0.4) is 0 Å². The molecule has 3 rings (SSSR count). The lowest BCUT2D eigenvalue weighted by Gasteiger charge is -2.37. The minimum Gasteiger partial charge on any atom is -0.469 e. The molecule has 1 saturated heterocycles. The van der Waals surface area contributed by atoms with Crippen molar-refractivity contribution in [1.29, 1.82) is 0 Å². The van der Waals surface area contributed by atoms with Crippen LogP contribution < -0.4 is 0 Å². The molecule has 0 N–H and O–H groups in total. The smallest absolute Gasteiger partial charge is 0.309 e. The molecule has 19 heavy (non-hydrogen) atoms. The molecule has 106 valence electrons. The van der Waals surface area contributed by atoms with Crippen LogP contribution in [0, 0.1) is 17.3 Å². The lowest BCUT2D eigenvalue weighted by Crippen LogP contribution is -2.48. The standard InChI is InChI=1S/C14H21NO4/c1-18-13(17)11-3-2-10(11)12(16)15-6-7-19-9-14(8-15)4-5-14/h10-11H,2-9H2,1H3/t10-,11+/m0/s1. The maximum atomic E-state index is 12.5. The van der Waals surface area contributed by atoms with E-state index in [4.69, 9.17) is 9.47 Å². The van der Waals surface area contributed by atoms with Gasteiger partial charge in [-0.25, -0.2) is 0 Å². The topological polar surface area (TPSA) is 55.8 Å². The molecule has 0 bridgehead atoms. The number of rotatable bonds is 2. The van der Waals surface area contributed by atoms with Gasteiger partial charge in [0.2, 0.25) is 5.91 Å². The van der Waals surface area contributed by atoms with E-state index in [1.165, 1.54) is 7.11 Å². The maximum Gasteiger partial charge on any atom is 0.309 e. The molecule has 2 atom stereocenters. The molecule has 2 saturated carbocycles. The maximum absolute atomic E-state index is 12.5. The van der Waals surface area contributed by atoms with E-state index in [0.717, 1.165) is 38.8 Å².